The van der Waals surface area contributed by atoms with Gasteiger partial charge in [0.2, 0.25) is 5.91 Å². The van der Waals surface area contributed by atoms with Gasteiger partial charge in [-0.05, 0) is 31.5 Å². The molecule has 0 radical (unpaired) electrons. The van der Waals surface area contributed by atoms with E-state index in [-0.39, 0.29) is 12.3 Å². The highest BCUT2D eigenvalue weighted by molar-refractivity contribution is 5.98. The number of alkyl halides is 3. The van der Waals surface area contributed by atoms with Crippen LogP contribution in [0.3, 0.4) is 0 Å². The van der Waals surface area contributed by atoms with E-state index in [1.807, 2.05) is 0 Å². The van der Waals surface area contributed by atoms with E-state index < -0.39 is 35.5 Å². The summed E-state index contributed by atoms with van der Waals surface area (Å²) in [5, 5.41) is 2.40. The number of hydrogen-bond acceptors (Lipinski definition) is 3. The zero-order valence-electron chi connectivity index (χ0n) is 11.2. The Kier molecular flexibility index (Phi) is 4.20. The molecule has 21 heavy (non-hydrogen) atoms. The number of benzene rings is 1. The van der Waals surface area contributed by atoms with Crippen LogP contribution in [0.15, 0.2) is 24.3 Å². The van der Waals surface area contributed by atoms with Crippen molar-refractivity contribution in [2.24, 2.45) is 11.8 Å². The van der Waals surface area contributed by atoms with E-state index in [2.05, 4.69) is 5.32 Å². The molecule has 2 unspecified atom stereocenters. The number of carbonyl (C=O) groups is 2. The summed E-state index contributed by atoms with van der Waals surface area (Å²) in [5.41, 5.74) is -0.776. The van der Waals surface area contributed by atoms with Crippen molar-refractivity contribution in [3.63, 3.8) is 0 Å². The Morgan fingerprint density at radius 1 is 1.33 bits per heavy atom. The lowest BCUT2D eigenvalue weighted by molar-refractivity contribution is -0.145. The smallest absolute Gasteiger partial charge is 0.416 e. The third-order valence-electron chi connectivity index (χ3n) is 3.17. The molecule has 1 N–H and O–H groups in total. The highest BCUT2D eigenvalue weighted by Crippen LogP contribution is 2.40. The van der Waals surface area contributed by atoms with Gasteiger partial charge in [0.05, 0.1) is 24.0 Å². The summed E-state index contributed by atoms with van der Waals surface area (Å²) < 4.78 is 42.5. The molecule has 1 saturated carbocycles. The monoisotopic (exact) mass is 301 g/mol. The number of esters is 1. The number of carbonyl (C=O) groups excluding carboxylic acids is 2. The maximum Gasteiger partial charge on any atom is 0.416 e. The predicted octanol–water partition coefficient (Wildman–Crippen LogP) is 2.84. The molecule has 1 aromatic carbocycles. The summed E-state index contributed by atoms with van der Waals surface area (Å²) >= 11 is 0. The molecule has 1 aliphatic rings. The van der Waals surface area contributed by atoms with Crippen LogP contribution in [0.5, 0.6) is 0 Å². The summed E-state index contributed by atoms with van der Waals surface area (Å²) in [6, 6.07) is 4.37. The van der Waals surface area contributed by atoms with E-state index in [1.54, 1.807) is 6.92 Å². The Hall–Kier alpha value is -2.05. The fraction of sp³-hybridized carbons (Fsp3) is 0.429. The average Bonchev–Trinajstić information content (AvgIpc) is 3.18. The molecule has 0 aromatic heterocycles. The van der Waals surface area contributed by atoms with Crippen molar-refractivity contribution >= 4 is 17.6 Å². The summed E-state index contributed by atoms with van der Waals surface area (Å²) in [5.74, 6) is -1.93. The number of anilines is 1. The van der Waals surface area contributed by atoms with Gasteiger partial charge in [0.1, 0.15) is 0 Å². The summed E-state index contributed by atoms with van der Waals surface area (Å²) in [6.07, 6.45) is -4.10. The number of halogens is 3. The average molecular weight is 301 g/mol. The van der Waals surface area contributed by atoms with E-state index in [1.165, 1.54) is 12.1 Å². The maximum absolute atomic E-state index is 12.6. The lowest BCUT2D eigenvalue weighted by Gasteiger charge is -2.09. The minimum atomic E-state index is -4.46. The van der Waals surface area contributed by atoms with Gasteiger partial charge in [-0.15, -0.1) is 0 Å². The fourth-order valence-corrected chi connectivity index (χ4v) is 2.00. The molecule has 1 aliphatic carbocycles. The topological polar surface area (TPSA) is 55.4 Å². The highest BCUT2D eigenvalue weighted by atomic mass is 19.4. The lowest BCUT2D eigenvalue weighted by atomic mass is 10.2. The van der Waals surface area contributed by atoms with Crippen LogP contribution in [0.1, 0.15) is 18.9 Å². The van der Waals surface area contributed by atoms with Gasteiger partial charge in [-0.3, -0.25) is 9.59 Å². The van der Waals surface area contributed by atoms with Crippen LogP contribution in [-0.4, -0.2) is 18.5 Å². The number of rotatable bonds is 4. The first-order valence-corrected chi connectivity index (χ1v) is 6.47. The summed E-state index contributed by atoms with van der Waals surface area (Å²) in [6.45, 7) is 1.90. The quantitative estimate of drug-likeness (QED) is 0.870. The minimum Gasteiger partial charge on any atom is -0.466 e. The Morgan fingerprint density at radius 3 is 2.67 bits per heavy atom. The first-order valence-electron chi connectivity index (χ1n) is 6.47. The second-order valence-electron chi connectivity index (χ2n) is 4.77. The Morgan fingerprint density at radius 2 is 2.05 bits per heavy atom. The van der Waals surface area contributed by atoms with Crippen LogP contribution in [-0.2, 0) is 20.5 Å². The third kappa shape index (κ3) is 3.74. The number of amides is 1. The van der Waals surface area contributed by atoms with Crippen molar-refractivity contribution in [3.05, 3.63) is 29.8 Å². The van der Waals surface area contributed by atoms with Crippen molar-refractivity contribution in [3.8, 4) is 0 Å². The van der Waals surface area contributed by atoms with Crippen LogP contribution in [0, 0.1) is 11.8 Å². The second-order valence-corrected chi connectivity index (χ2v) is 4.77. The number of hydrogen-bond donors (Lipinski definition) is 1. The normalized spacial score (nSPS) is 20.8. The molecule has 1 amide bonds. The molecule has 0 heterocycles. The zero-order chi connectivity index (χ0) is 15.6. The van der Waals surface area contributed by atoms with E-state index in [9.17, 15) is 22.8 Å². The van der Waals surface area contributed by atoms with Gasteiger partial charge < -0.3 is 10.1 Å². The second kappa shape index (κ2) is 5.75. The molecule has 2 rings (SSSR count). The largest absolute Gasteiger partial charge is 0.466 e. The van der Waals surface area contributed by atoms with Crippen LogP contribution in [0.2, 0.25) is 0 Å². The molecule has 0 spiro atoms. The first-order chi connectivity index (χ1) is 9.82. The Bertz CT molecular complexity index is 557. The standard InChI is InChI=1S/C14H14F3NO3/c1-2-21-13(20)11-7-10(11)12(19)18-9-5-3-4-8(6-9)14(15,16)17/h3-6,10-11H,2,7H2,1H3,(H,18,19). The Labute approximate surface area is 119 Å². The maximum atomic E-state index is 12.6. The molecule has 0 aliphatic heterocycles. The lowest BCUT2D eigenvalue weighted by Crippen LogP contribution is -2.18. The first kappa shape index (κ1) is 15.3. The molecule has 7 heteroatoms. The van der Waals surface area contributed by atoms with Gasteiger partial charge in [0.15, 0.2) is 0 Å². The predicted molar refractivity (Wildman–Crippen MR) is 68.3 cm³/mol. The minimum absolute atomic E-state index is 0.0596. The van der Waals surface area contributed by atoms with Gasteiger partial charge in [-0.25, -0.2) is 0 Å². The van der Waals surface area contributed by atoms with Crippen molar-refractivity contribution in [2.45, 2.75) is 19.5 Å². The van der Waals surface area contributed by atoms with Crippen molar-refractivity contribution < 1.29 is 27.5 Å². The van der Waals surface area contributed by atoms with E-state index in [0.717, 1.165) is 12.1 Å². The number of nitrogens with one attached hydrogen (secondary N) is 1. The third-order valence-corrected chi connectivity index (χ3v) is 3.17. The molecule has 114 valence electrons. The van der Waals surface area contributed by atoms with Crippen molar-refractivity contribution in [2.75, 3.05) is 11.9 Å². The molecule has 1 fully saturated rings. The van der Waals surface area contributed by atoms with Gasteiger partial charge in [0, 0.05) is 5.69 Å². The van der Waals surface area contributed by atoms with Crippen LogP contribution in [0.25, 0.3) is 0 Å². The van der Waals surface area contributed by atoms with Crippen LogP contribution >= 0.6 is 0 Å². The molecular weight excluding hydrogens is 287 g/mol. The molecule has 0 saturated heterocycles. The molecule has 4 nitrogen and oxygen atoms in total. The Balaban J connectivity index is 1.97. The van der Waals surface area contributed by atoms with Gasteiger partial charge in [-0.1, -0.05) is 6.07 Å². The number of ether oxygens (including phenoxy) is 1. The van der Waals surface area contributed by atoms with E-state index in [0.29, 0.717) is 6.42 Å². The van der Waals surface area contributed by atoms with Crippen molar-refractivity contribution in [1.29, 1.82) is 0 Å². The molecule has 1 aromatic rings. The zero-order valence-corrected chi connectivity index (χ0v) is 11.2. The van der Waals surface area contributed by atoms with Crippen LogP contribution < -0.4 is 5.32 Å². The van der Waals surface area contributed by atoms with Crippen LogP contribution in [0.4, 0.5) is 18.9 Å². The van der Waals surface area contributed by atoms with Crippen molar-refractivity contribution in [1.82, 2.24) is 0 Å². The fourth-order valence-electron chi connectivity index (χ4n) is 2.00. The molecular formula is C14H14F3NO3. The van der Waals surface area contributed by atoms with Gasteiger partial charge >= 0.3 is 12.1 Å². The summed E-state index contributed by atoms with van der Waals surface area (Å²) in [7, 11) is 0. The highest BCUT2D eigenvalue weighted by Gasteiger charge is 2.49. The molecule has 0 bridgehead atoms. The SMILES string of the molecule is CCOC(=O)C1CC1C(=O)Nc1cccc(C(F)(F)F)c1. The summed E-state index contributed by atoms with van der Waals surface area (Å²) in [4.78, 5) is 23.3. The molecule has 2 atom stereocenters. The van der Waals surface area contributed by atoms with Gasteiger partial charge in [-0.2, -0.15) is 13.2 Å². The van der Waals surface area contributed by atoms with E-state index in [4.69, 9.17) is 4.74 Å². The van der Waals surface area contributed by atoms with E-state index >= 15 is 0 Å². The van der Waals surface area contributed by atoms with Gasteiger partial charge in [0.25, 0.3) is 0 Å².